The zero-order valence-electron chi connectivity index (χ0n) is 34.5. The molecule has 0 saturated carbocycles. The second kappa shape index (κ2) is 27.5. The van der Waals surface area contributed by atoms with Gasteiger partial charge in [0, 0.05) is 6.54 Å². The number of tetrazole rings is 1. The molecule has 6 N–H and O–H groups in total. The van der Waals surface area contributed by atoms with Crippen molar-refractivity contribution in [3.05, 3.63) is 10.5 Å². The van der Waals surface area contributed by atoms with Crippen molar-refractivity contribution in [1.29, 1.82) is 0 Å². The second-order valence-corrected chi connectivity index (χ2v) is 22.3. The number of hydrogen-bond donors (Lipinski definition) is 6. The van der Waals surface area contributed by atoms with E-state index >= 15 is 0 Å². The molecule has 3 heterocycles. The van der Waals surface area contributed by atoms with E-state index in [1.807, 2.05) is 0 Å². The highest BCUT2D eigenvalue weighted by Crippen LogP contribution is 2.33. The van der Waals surface area contributed by atoms with Crippen molar-refractivity contribution in [3.63, 3.8) is 0 Å². The number of aliphatic hydroxyl groups is 6. The maximum Gasteiger partial charge on any atom is 0.364 e. The summed E-state index contributed by atoms with van der Waals surface area (Å²) < 4.78 is 13.5. The fraction of sp³-hybridized carbons (Fsp3) is 0.976. The fourth-order valence-electron chi connectivity index (χ4n) is 8.50. The number of unbranched alkanes of at least 4 members (excludes halogenated alkanes) is 18. The van der Waals surface area contributed by atoms with Gasteiger partial charge in [-0.25, -0.2) is 4.79 Å². The van der Waals surface area contributed by atoms with Crippen LogP contribution >= 0.6 is 0 Å². The van der Waals surface area contributed by atoms with Crippen LogP contribution in [0, 0.1) is 0 Å². The Kier molecular flexibility index (Phi) is 24.0. The van der Waals surface area contributed by atoms with Crippen LogP contribution in [0.4, 0.5) is 0 Å². The van der Waals surface area contributed by atoms with Gasteiger partial charge in [0.2, 0.25) is 0 Å². The van der Waals surface area contributed by atoms with Gasteiger partial charge in [-0.2, -0.15) is 9.36 Å². The lowest BCUT2D eigenvalue weighted by atomic mass is 9.98. The van der Waals surface area contributed by atoms with Gasteiger partial charge < -0.3 is 40.1 Å². The van der Waals surface area contributed by atoms with Gasteiger partial charge in [0.1, 0.15) is 36.6 Å². The second-order valence-electron chi connectivity index (χ2n) is 17.2. The average molecular weight is 801 g/mol. The topological polar surface area (TPSA) is 193 Å². The van der Waals surface area contributed by atoms with E-state index in [2.05, 4.69) is 23.9 Å². The molecule has 0 amide bonds. The number of ether oxygens (including phenoxy) is 2. The van der Waals surface area contributed by atoms with Crippen molar-refractivity contribution in [3.8, 4) is 0 Å². The summed E-state index contributed by atoms with van der Waals surface area (Å²) >= 11 is 0. The van der Waals surface area contributed by atoms with Crippen molar-refractivity contribution < 1.29 is 40.1 Å². The van der Waals surface area contributed by atoms with Crippen molar-refractivity contribution >= 4 is 8.07 Å². The van der Waals surface area contributed by atoms with Crippen molar-refractivity contribution in [2.24, 2.45) is 0 Å². The summed E-state index contributed by atoms with van der Waals surface area (Å²) in [6.45, 7) is 4.18. The predicted molar refractivity (Wildman–Crippen MR) is 218 cm³/mol. The van der Waals surface area contributed by atoms with E-state index in [9.17, 15) is 35.4 Å². The minimum Gasteiger partial charge on any atom is -0.394 e. The van der Waals surface area contributed by atoms with E-state index in [1.54, 1.807) is 0 Å². The molecular weight excluding hydrogens is 721 g/mol. The first-order valence-corrected chi connectivity index (χ1v) is 25.5. The van der Waals surface area contributed by atoms with Crippen LogP contribution < -0.4 is 5.69 Å². The van der Waals surface area contributed by atoms with Gasteiger partial charge in [0.15, 0.2) is 6.29 Å². The lowest BCUT2D eigenvalue weighted by molar-refractivity contribution is -0.304. The third-order valence-corrected chi connectivity index (χ3v) is 17.0. The summed E-state index contributed by atoms with van der Waals surface area (Å²) in [5, 5.41) is 71.0. The maximum absolute atomic E-state index is 13.5. The van der Waals surface area contributed by atoms with Crippen LogP contribution in [0.5, 0.6) is 0 Å². The van der Waals surface area contributed by atoms with E-state index in [0.717, 1.165) is 43.2 Å². The molecule has 1 aromatic heterocycles. The van der Waals surface area contributed by atoms with E-state index in [0.29, 0.717) is 19.4 Å². The molecule has 0 bridgehead atoms. The average Bonchev–Trinajstić information content (AvgIpc) is 3.54. The first kappa shape index (κ1) is 48.1. The molecule has 55 heavy (non-hydrogen) atoms. The number of aryl methyl sites for hydroxylation is 1. The van der Waals surface area contributed by atoms with Crippen LogP contribution in [0.3, 0.4) is 0 Å². The molecule has 1 aromatic rings. The Labute approximate surface area is 332 Å². The fourth-order valence-corrected chi connectivity index (χ4v) is 12.6. The van der Waals surface area contributed by atoms with Gasteiger partial charge in [-0.1, -0.05) is 173 Å². The first-order valence-electron chi connectivity index (χ1n) is 22.4. The number of hydrogen-bond acceptors (Lipinski definition) is 11. The molecule has 0 aromatic carbocycles. The molecule has 2 saturated heterocycles. The lowest BCUT2D eigenvalue weighted by Crippen LogP contribution is -2.59. The Hall–Kier alpha value is -1.23. The van der Waals surface area contributed by atoms with Crippen LogP contribution in [-0.4, -0.2) is 115 Å². The molecule has 0 spiro atoms. The Morgan fingerprint density at radius 3 is 1.87 bits per heavy atom. The lowest BCUT2D eigenvalue weighted by Gasteiger charge is -2.40. The Morgan fingerprint density at radius 2 is 1.29 bits per heavy atom. The smallest absolute Gasteiger partial charge is 0.364 e. The number of aromatic nitrogens is 4. The summed E-state index contributed by atoms with van der Waals surface area (Å²) in [5.74, 6) is 0. The van der Waals surface area contributed by atoms with Crippen LogP contribution in [0.1, 0.15) is 167 Å². The van der Waals surface area contributed by atoms with Gasteiger partial charge in [-0.3, -0.25) is 0 Å². The van der Waals surface area contributed by atoms with Crippen molar-refractivity contribution in [1.82, 2.24) is 19.8 Å². The molecule has 2 aliphatic heterocycles. The predicted octanol–water partition coefficient (Wildman–Crippen LogP) is 5.99. The highest BCUT2D eigenvalue weighted by molar-refractivity contribution is 6.78. The summed E-state index contributed by atoms with van der Waals surface area (Å²) in [6, 6.07) is 3.38. The maximum atomic E-state index is 13.5. The molecule has 3 rings (SSSR count). The summed E-state index contributed by atoms with van der Waals surface area (Å²) in [6.07, 6.45) is 17.9. The minimum atomic E-state index is -1.65. The van der Waals surface area contributed by atoms with Crippen molar-refractivity contribution in [2.45, 2.75) is 241 Å². The van der Waals surface area contributed by atoms with E-state index in [1.165, 1.54) is 126 Å². The summed E-state index contributed by atoms with van der Waals surface area (Å²) in [7, 11) is -0.934. The molecule has 14 heteroatoms. The molecule has 322 valence electrons. The molecule has 2 aliphatic rings. The molecule has 13 nitrogen and oxygen atoms in total. The van der Waals surface area contributed by atoms with Crippen molar-refractivity contribution in [2.75, 3.05) is 13.2 Å². The Bertz CT molecular complexity index is 1170. The molecule has 8 atom stereocenters. The first-order chi connectivity index (χ1) is 26.6. The molecule has 0 aliphatic carbocycles. The van der Waals surface area contributed by atoms with E-state index in [4.69, 9.17) is 9.47 Å². The van der Waals surface area contributed by atoms with Gasteiger partial charge in [0.25, 0.3) is 0 Å². The molecule has 5 unspecified atom stereocenters. The number of aliphatic hydroxyl groups excluding tert-OH is 6. The third kappa shape index (κ3) is 17.3. The molecular formula is C41H80N4O9Si. The summed E-state index contributed by atoms with van der Waals surface area (Å²) in [4.78, 5) is 13.5. The molecule has 2 fully saturated rings. The van der Waals surface area contributed by atoms with Gasteiger partial charge in [-0.05, 0) is 23.3 Å². The highest BCUT2D eigenvalue weighted by Gasteiger charge is 2.45. The van der Waals surface area contributed by atoms with Crippen LogP contribution in [0.2, 0.25) is 24.7 Å². The largest absolute Gasteiger partial charge is 0.394 e. The SMILES string of the molecule is CCCCCCCCCCCCCC[C@@H](O)[C@@H](O)[C@H](COC1OC(CO)C(O)C(O)C1O)n1nnn(CCCCCCCCCC[Si]2(C)CCCCC2)c1=O. The highest BCUT2D eigenvalue weighted by atomic mass is 28.3. The Morgan fingerprint density at radius 1 is 0.745 bits per heavy atom. The monoisotopic (exact) mass is 801 g/mol. The van der Waals surface area contributed by atoms with Gasteiger partial charge in [-0.15, -0.1) is 0 Å². The van der Waals surface area contributed by atoms with Crippen LogP contribution in [-0.2, 0) is 16.0 Å². The standard InChI is InChI=1S/C41H80N4O9Si/c1-3-4-5-6-7-8-9-10-11-14-17-21-26-34(47)36(48)33(32-53-40-39(51)38(50)37(49)35(31-46)54-40)45-41(52)44(42-43-45)27-22-18-15-12-13-16-19-23-28-55(2)29-24-20-25-30-55/h33-40,46-51H,3-32H2,1-2H3/t33-,34+,35?,36-,37?,38?,39?,40?/m0/s1. The molecule has 0 radical (unpaired) electrons. The number of nitrogens with zero attached hydrogens (tertiary/aromatic N) is 4. The van der Waals surface area contributed by atoms with E-state index in [-0.39, 0.29) is 0 Å². The zero-order valence-corrected chi connectivity index (χ0v) is 35.5. The van der Waals surface area contributed by atoms with Gasteiger partial charge in [0.05, 0.1) is 27.4 Å². The van der Waals surface area contributed by atoms with E-state index < -0.39 is 75.9 Å². The third-order valence-electron chi connectivity index (χ3n) is 12.4. The normalized spacial score (nSPS) is 24.5. The quantitative estimate of drug-likeness (QED) is 0.0382. The summed E-state index contributed by atoms with van der Waals surface area (Å²) in [5.41, 5.74) is -0.547. The minimum absolute atomic E-state index is 0.319. The Balaban J connectivity index is 1.45. The number of rotatable bonds is 31. The van der Waals surface area contributed by atoms with Gasteiger partial charge >= 0.3 is 5.69 Å². The van der Waals surface area contributed by atoms with Crippen LogP contribution in [0.15, 0.2) is 4.79 Å². The van der Waals surface area contributed by atoms with Crippen LogP contribution in [0.25, 0.3) is 0 Å². The zero-order chi connectivity index (χ0) is 39.9.